The van der Waals surface area contributed by atoms with Crippen LogP contribution < -0.4 is 10.6 Å². The van der Waals surface area contributed by atoms with Gasteiger partial charge in [-0.05, 0) is 35.4 Å². The van der Waals surface area contributed by atoms with E-state index in [0.717, 1.165) is 0 Å². The van der Waals surface area contributed by atoms with Gasteiger partial charge in [-0.15, -0.1) is 0 Å². The third-order valence-electron chi connectivity index (χ3n) is 4.05. The number of aliphatic carboxylic acids is 1. The number of nitrogens with one attached hydrogen (secondary N) is 2. The highest BCUT2D eigenvalue weighted by Gasteiger charge is 2.17. The van der Waals surface area contributed by atoms with Gasteiger partial charge in [0.25, 0.3) is 11.8 Å². The Labute approximate surface area is 179 Å². The topological polar surface area (TPSA) is 144 Å². The molecule has 12 heteroatoms. The number of hydrogen-bond donors (Lipinski definition) is 3. The van der Waals surface area contributed by atoms with Gasteiger partial charge in [0, 0.05) is 29.6 Å². The molecular weight excluding hydrogens is 436 g/mol. The van der Waals surface area contributed by atoms with E-state index in [0.29, 0.717) is 17.7 Å². The number of carbonyl (C=O) groups is 3. The van der Waals surface area contributed by atoms with Crippen LogP contribution in [0, 0.1) is 11.6 Å². The van der Waals surface area contributed by atoms with E-state index in [2.05, 4.69) is 20.7 Å². The molecule has 162 valence electrons. The number of azide groups is 1. The standard InChI is InChI=1S/C19H16ClF2N5O4/c20-14-7-16(22)15(21)6-13(14)19(31)24-8-10-1-3-11(4-2-10)18(30)26-12(5-17(28)29)9-25-27-23/h1-4,6-7,12H,5,8-9H2,(H,24,31)(H,26,30)(H,28,29)/t12-/m0/s1. The number of amides is 2. The second kappa shape index (κ2) is 10.9. The maximum atomic E-state index is 13.3. The Morgan fingerprint density at radius 3 is 2.39 bits per heavy atom. The Morgan fingerprint density at radius 2 is 1.77 bits per heavy atom. The van der Waals surface area contributed by atoms with E-state index in [1.54, 1.807) is 12.1 Å². The molecule has 0 spiro atoms. The third-order valence-corrected chi connectivity index (χ3v) is 4.36. The van der Waals surface area contributed by atoms with Crippen molar-refractivity contribution >= 4 is 29.4 Å². The number of carbonyl (C=O) groups excluding carboxylic acids is 2. The molecule has 0 saturated heterocycles. The van der Waals surface area contributed by atoms with Gasteiger partial charge in [-0.2, -0.15) is 0 Å². The fourth-order valence-electron chi connectivity index (χ4n) is 2.52. The first-order valence-corrected chi connectivity index (χ1v) is 9.14. The summed E-state index contributed by atoms with van der Waals surface area (Å²) >= 11 is 5.76. The van der Waals surface area contributed by atoms with Gasteiger partial charge in [0.2, 0.25) is 0 Å². The Morgan fingerprint density at radius 1 is 1.13 bits per heavy atom. The van der Waals surface area contributed by atoms with Crippen molar-refractivity contribution in [2.75, 3.05) is 6.54 Å². The van der Waals surface area contributed by atoms with Crippen LogP contribution in [0.2, 0.25) is 5.02 Å². The molecule has 3 N–H and O–H groups in total. The third kappa shape index (κ3) is 6.95. The van der Waals surface area contributed by atoms with Gasteiger partial charge in [0.05, 0.1) is 17.0 Å². The lowest BCUT2D eigenvalue weighted by atomic mass is 10.1. The Hall–Kier alpha value is -3.69. The summed E-state index contributed by atoms with van der Waals surface area (Å²) in [5.41, 5.74) is 8.95. The number of rotatable bonds is 9. The van der Waals surface area contributed by atoms with E-state index in [1.807, 2.05) is 0 Å². The SMILES string of the molecule is [N-]=[N+]=NC[C@H](CC(=O)O)NC(=O)c1ccc(CNC(=O)c2cc(F)c(F)cc2Cl)cc1. The molecule has 31 heavy (non-hydrogen) atoms. The van der Waals surface area contributed by atoms with Gasteiger partial charge in [-0.1, -0.05) is 28.8 Å². The van der Waals surface area contributed by atoms with Crippen LogP contribution in [0.25, 0.3) is 10.4 Å². The Bertz CT molecular complexity index is 1040. The molecule has 9 nitrogen and oxygen atoms in total. The van der Waals surface area contributed by atoms with Crippen molar-refractivity contribution in [3.8, 4) is 0 Å². The maximum absolute atomic E-state index is 13.3. The minimum absolute atomic E-state index is 0.0224. The Balaban J connectivity index is 1.99. The lowest BCUT2D eigenvalue weighted by molar-refractivity contribution is -0.137. The molecule has 0 bridgehead atoms. The zero-order valence-corrected chi connectivity index (χ0v) is 16.6. The lowest BCUT2D eigenvalue weighted by Crippen LogP contribution is -2.38. The van der Waals surface area contributed by atoms with Crippen molar-refractivity contribution in [1.29, 1.82) is 0 Å². The van der Waals surface area contributed by atoms with E-state index in [1.165, 1.54) is 12.1 Å². The van der Waals surface area contributed by atoms with E-state index in [4.69, 9.17) is 22.2 Å². The van der Waals surface area contributed by atoms with Crippen molar-refractivity contribution < 1.29 is 28.3 Å². The molecule has 2 aromatic rings. The fourth-order valence-corrected chi connectivity index (χ4v) is 2.76. The average molecular weight is 452 g/mol. The summed E-state index contributed by atoms with van der Waals surface area (Å²) in [6.45, 7) is -0.195. The summed E-state index contributed by atoms with van der Waals surface area (Å²) < 4.78 is 26.4. The number of carboxylic acids is 1. The van der Waals surface area contributed by atoms with Crippen molar-refractivity contribution in [1.82, 2.24) is 10.6 Å². The van der Waals surface area contributed by atoms with Crippen LogP contribution in [-0.4, -0.2) is 35.5 Å². The predicted octanol–water partition coefficient (Wildman–Crippen LogP) is 3.43. The monoisotopic (exact) mass is 451 g/mol. The number of hydrogen-bond acceptors (Lipinski definition) is 4. The van der Waals surface area contributed by atoms with Gasteiger partial charge in [0.1, 0.15) is 0 Å². The molecule has 0 unspecified atom stereocenters. The lowest BCUT2D eigenvalue weighted by Gasteiger charge is -2.14. The minimum Gasteiger partial charge on any atom is -0.481 e. The quantitative estimate of drug-likeness (QED) is 0.232. The summed E-state index contributed by atoms with van der Waals surface area (Å²) in [6, 6.07) is 6.52. The van der Waals surface area contributed by atoms with Gasteiger partial charge in [0.15, 0.2) is 11.6 Å². The number of benzene rings is 2. The van der Waals surface area contributed by atoms with Crippen LogP contribution in [0.5, 0.6) is 0 Å². The van der Waals surface area contributed by atoms with Crippen LogP contribution in [-0.2, 0) is 11.3 Å². The Kier molecular flexibility index (Phi) is 8.30. The second-order valence-corrected chi connectivity index (χ2v) is 6.71. The number of halogens is 3. The molecule has 1 atom stereocenters. The van der Waals surface area contributed by atoms with E-state index >= 15 is 0 Å². The summed E-state index contributed by atoms with van der Waals surface area (Å²) in [6.07, 6.45) is -0.415. The van der Waals surface area contributed by atoms with Gasteiger partial charge in [-0.3, -0.25) is 14.4 Å². The van der Waals surface area contributed by atoms with Gasteiger partial charge < -0.3 is 15.7 Å². The van der Waals surface area contributed by atoms with E-state index < -0.39 is 41.9 Å². The molecular formula is C19H16ClF2N5O4. The molecule has 0 aliphatic carbocycles. The molecule has 0 radical (unpaired) electrons. The molecule has 0 fully saturated rings. The molecule has 2 aromatic carbocycles. The first kappa shape index (κ1) is 23.6. The molecule has 2 rings (SSSR count). The summed E-state index contributed by atoms with van der Waals surface area (Å²) in [5, 5.41) is 16.9. The molecule has 0 aromatic heterocycles. The fraction of sp³-hybridized carbons (Fsp3) is 0.211. The zero-order valence-electron chi connectivity index (χ0n) is 15.8. The van der Waals surface area contributed by atoms with Crippen LogP contribution in [0.15, 0.2) is 41.5 Å². The minimum atomic E-state index is -1.20. The van der Waals surface area contributed by atoms with Gasteiger partial charge in [-0.25, -0.2) is 8.78 Å². The molecule has 0 heterocycles. The average Bonchev–Trinajstić information content (AvgIpc) is 2.72. The highest BCUT2D eigenvalue weighted by Crippen LogP contribution is 2.20. The molecule has 0 saturated carbocycles. The van der Waals surface area contributed by atoms with Crippen LogP contribution in [0.3, 0.4) is 0 Å². The highest BCUT2D eigenvalue weighted by molar-refractivity contribution is 6.33. The van der Waals surface area contributed by atoms with Crippen LogP contribution in [0.1, 0.15) is 32.7 Å². The zero-order chi connectivity index (χ0) is 23.0. The van der Waals surface area contributed by atoms with Crippen LogP contribution >= 0.6 is 11.6 Å². The molecule has 2 amide bonds. The van der Waals surface area contributed by atoms with Crippen molar-refractivity contribution in [2.24, 2.45) is 5.11 Å². The smallest absolute Gasteiger partial charge is 0.305 e. The van der Waals surface area contributed by atoms with Crippen molar-refractivity contribution in [3.63, 3.8) is 0 Å². The second-order valence-electron chi connectivity index (χ2n) is 6.31. The van der Waals surface area contributed by atoms with E-state index in [-0.39, 0.29) is 29.2 Å². The summed E-state index contributed by atoms with van der Waals surface area (Å²) in [4.78, 5) is 37.8. The maximum Gasteiger partial charge on any atom is 0.305 e. The number of nitrogens with zero attached hydrogens (tertiary/aromatic N) is 3. The predicted molar refractivity (Wildman–Crippen MR) is 107 cm³/mol. The number of carboxylic acid groups (broad SMARTS) is 1. The van der Waals surface area contributed by atoms with Crippen LogP contribution in [0.4, 0.5) is 8.78 Å². The van der Waals surface area contributed by atoms with Crippen molar-refractivity contribution in [3.05, 3.63) is 80.2 Å². The van der Waals surface area contributed by atoms with E-state index in [9.17, 15) is 23.2 Å². The molecule has 0 aliphatic rings. The normalized spacial score (nSPS) is 11.2. The summed E-state index contributed by atoms with van der Waals surface area (Å²) in [5.74, 6) is -4.80. The largest absolute Gasteiger partial charge is 0.481 e. The van der Waals surface area contributed by atoms with Crippen molar-refractivity contribution in [2.45, 2.75) is 19.0 Å². The first-order valence-electron chi connectivity index (χ1n) is 8.76. The van der Waals surface area contributed by atoms with Gasteiger partial charge >= 0.3 is 5.97 Å². The first-order chi connectivity index (χ1) is 14.7. The highest BCUT2D eigenvalue weighted by atomic mass is 35.5. The summed E-state index contributed by atoms with van der Waals surface area (Å²) in [7, 11) is 0. The molecule has 0 aliphatic heterocycles.